The summed E-state index contributed by atoms with van der Waals surface area (Å²) in [5.74, 6) is 1.90. The lowest BCUT2D eigenvalue weighted by atomic mass is 9.66. The first kappa shape index (κ1) is 28.6. The van der Waals surface area contributed by atoms with Gasteiger partial charge in [0.2, 0.25) is 0 Å². The fourth-order valence-corrected chi connectivity index (χ4v) is 8.44. The summed E-state index contributed by atoms with van der Waals surface area (Å²) >= 11 is 0. The molecule has 0 saturated carbocycles. The Bertz CT molecular complexity index is 2260. The van der Waals surface area contributed by atoms with Crippen LogP contribution in [-0.2, 0) is 17.3 Å². The fourth-order valence-electron chi connectivity index (χ4n) is 8.44. The van der Waals surface area contributed by atoms with Gasteiger partial charge in [0.25, 0.3) is 0 Å². The zero-order chi connectivity index (χ0) is 32.3. The summed E-state index contributed by atoms with van der Waals surface area (Å²) < 4.78 is 6.61. The maximum absolute atomic E-state index is 6.61. The van der Waals surface area contributed by atoms with Gasteiger partial charge in [0.05, 0.1) is 5.41 Å². The topological polar surface area (TPSA) is 9.23 Å². The Morgan fingerprint density at radius 1 is 0.438 bits per heavy atom. The molecule has 230 valence electrons. The Morgan fingerprint density at radius 2 is 0.979 bits per heavy atom. The van der Waals surface area contributed by atoms with Crippen molar-refractivity contribution in [2.45, 2.75) is 31.1 Å². The third-order valence-electron chi connectivity index (χ3n) is 10.7. The first-order chi connectivity index (χ1) is 23.6. The van der Waals surface area contributed by atoms with Gasteiger partial charge in [0, 0.05) is 22.1 Å². The predicted octanol–water partition coefficient (Wildman–Crippen LogP) is 11.7. The van der Waals surface area contributed by atoms with E-state index in [0.717, 1.165) is 23.5 Å². The highest BCUT2D eigenvalue weighted by molar-refractivity contribution is 5.86. The number of ether oxygens (including phenoxy) is 1. The summed E-state index contributed by atoms with van der Waals surface area (Å²) in [4.78, 5) is 0. The van der Waals surface area contributed by atoms with E-state index in [4.69, 9.17) is 4.74 Å². The SMILES string of the molecule is CC1(C)c2ccccc2Oc2c(-c3ccc(Cc4ccccc4C4(c5ccccc5)c5ccccc5-c5ccccc54)cc3)cccc21. The van der Waals surface area contributed by atoms with Crippen LogP contribution < -0.4 is 4.74 Å². The van der Waals surface area contributed by atoms with Crippen molar-refractivity contribution in [2.24, 2.45) is 0 Å². The second kappa shape index (κ2) is 11.0. The van der Waals surface area contributed by atoms with Crippen LogP contribution in [0.3, 0.4) is 0 Å². The summed E-state index contributed by atoms with van der Waals surface area (Å²) in [6.07, 6.45) is 0.833. The van der Waals surface area contributed by atoms with Crippen LogP contribution in [0.2, 0.25) is 0 Å². The highest BCUT2D eigenvalue weighted by Crippen LogP contribution is 2.57. The van der Waals surface area contributed by atoms with Crippen molar-refractivity contribution in [3.05, 3.63) is 214 Å². The third-order valence-corrected chi connectivity index (χ3v) is 10.7. The van der Waals surface area contributed by atoms with Crippen LogP contribution in [0.5, 0.6) is 11.5 Å². The van der Waals surface area contributed by atoms with Gasteiger partial charge in [-0.3, -0.25) is 0 Å². The van der Waals surface area contributed by atoms with Crippen LogP contribution in [0.15, 0.2) is 170 Å². The van der Waals surface area contributed by atoms with Crippen molar-refractivity contribution in [3.63, 3.8) is 0 Å². The van der Waals surface area contributed by atoms with E-state index in [2.05, 4.69) is 184 Å². The molecule has 0 N–H and O–H groups in total. The van der Waals surface area contributed by atoms with Crippen LogP contribution in [0.25, 0.3) is 22.3 Å². The third kappa shape index (κ3) is 4.17. The normalized spacial score (nSPS) is 14.6. The molecule has 7 aromatic rings. The lowest BCUT2D eigenvalue weighted by Crippen LogP contribution is -2.30. The van der Waals surface area contributed by atoms with Gasteiger partial charge in [-0.05, 0) is 62.6 Å². The van der Waals surface area contributed by atoms with E-state index in [9.17, 15) is 0 Å². The quantitative estimate of drug-likeness (QED) is 0.187. The molecular formula is C47H36O. The van der Waals surface area contributed by atoms with E-state index >= 15 is 0 Å². The smallest absolute Gasteiger partial charge is 0.139 e. The lowest BCUT2D eigenvalue weighted by Gasteiger charge is -2.35. The van der Waals surface area contributed by atoms with Crippen molar-refractivity contribution in [1.29, 1.82) is 0 Å². The van der Waals surface area contributed by atoms with Crippen molar-refractivity contribution < 1.29 is 4.74 Å². The Labute approximate surface area is 283 Å². The first-order valence-electron chi connectivity index (χ1n) is 16.9. The maximum atomic E-state index is 6.61. The average molecular weight is 617 g/mol. The van der Waals surface area contributed by atoms with Gasteiger partial charge in [-0.25, -0.2) is 0 Å². The molecule has 0 saturated heterocycles. The van der Waals surface area contributed by atoms with Crippen molar-refractivity contribution in [1.82, 2.24) is 0 Å². The Morgan fingerprint density at radius 3 is 1.69 bits per heavy atom. The molecule has 1 aliphatic heterocycles. The lowest BCUT2D eigenvalue weighted by molar-refractivity contribution is 0.419. The number of hydrogen-bond donors (Lipinski definition) is 0. The summed E-state index contributed by atoms with van der Waals surface area (Å²) in [5, 5.41) is 0. The molecule has 0 spiro atoms. The van der Waals surface area contributed by atoms with E-state index in [-0.39, 0.29) is 5.41 Å². The number of para-hydroxylation sites is 2. The summed E-state index contributed by atoms with van der Waals surface area (Å²) in [6, 6.07) is 62.1. The van der Waals surface area contributed by atoms with Gasteiger partial charge in [-0.15, -0.1) is 0 Å². The number of fused-ring (bicyclic) bond motifs is 5. The van der Waals surface area contributed by atoms with E-state index < -0.39 is 5.41 Å². The van der Waals surface area contributed by atoms with Crippen molar-refractivity contribution in [2.75, 3.05) is 0 Å². The summed E-state index contributed by atoms with van der Waals surface area (Å²) in [5.41, 5.74) is 14.8. The zero-order valence-electron chi connectivity index (χ0n) is 27.3. The number of hydrogen-bond acceptors (Lipinski definition) is 1. The number of rotatable bonds is 5. The molecule has 0 radical (unpaired) electrons. The largest absolute Gasteiger partial charge is 0.456 e. The number of benzene rings is 7. The molecule has 2 aliphatic rings. The van der Waals surface area contributed by atoms with Gasteiger partial charge in [0.15, 0.2) is 0 Å². The Balaban J connectivity index is 1.14. The molecule has 7 aromatic carbocycles. The molecule has 48 heavy (non-hydrogen) atoms. The Hall–Kier alpha value is -5.66. The molecular weight excluding hydrogens is 581 g/mol. The molecule has 1 aliphatic carbocycles. The zero-order valence-corrected chi connectivity index (χ0v) is 27.3. The highest BCUT2D eigenvalue weighted by atomic mass is 16.5. The molecule has 1 nitrogen and oxygen atoms in total. The van der Waals surface area contributed by atoms with Gasteiger partial charge < -0.3 is 4.74 Å². The van der Waals surface area contributed by atoms with Crippen molar-refractivity contribution >= 4 is 0 Å². The van der Waals surface area contributed by atoms with Gasteiger partial charge in [0.1, 0.15) is 11.5 Å². The Kier molecular flexibility index (Phi) is 6.52. The van der Waals surface area contributed by atoms with Gasteiger partial charge in [-0.1, -0.05) is 178 Å². The van der Waals surface area contributed by atoms with Gasteiger partial charge >= 0.3 is 0 Å². The molecule has 9 rings (SSSR count). The second-order valence-electron chi connectivity index (χ2n) is 13.6. The maximum Gasteiger partial charge on any atom is 0.139 e. The highest BCUT2D eigenvalue weighted by Gasteiger charge is 2.46. The van der Waals surface area contributed by atoms with Crippen LogP contribution in [0.1, 0.15) is 58.4 Å². The molecule has 1 heterocycles. The molecule has 0 amide bonds. The minimum absolute atomic E-state index is 0.143. The first-order valence-corrected chi connectivity index (χ1v) is 16.9. The molecule has 1 heteroatoms. The minimum atomic E-state index is -0.408. The molecule has 0 bridgehead atoms. The molecule has 0 aromatic heterocycles. The van der Waals surface area contributed by atoms with Crippen LogP contribution >= 0.6 is 0 Å². The average Bonchev–Trinajstić information content (AvgIpc) is 3.44. The van der Waals surface area contributed by atoms with E-state index in [1.54, 1.807) is 0 Å². The fraction of sp³-hybridized carbons (Fsp3) is 0.106. The van der Waals surface area contributed by atoms with Crippen LogP contribution in [-0.4, -0.2) is 0 Å². The van der Waals surface area contributed by atoms with E-state index in [1.807, 2.05) is 0 Å². The minimum Gasteiger partial charge on any atom is -0.456 e. The van der Waals surface area contributed by atoms with Gasteiger partial charge in [-0.2, -0.15) is 0 Å². The second-order valence-corrected chi connectivity index (χ2v) is 13.6. The monoisotopic (exact) mass is 616 g/mol. The molecule has 0 fully saturated rings. The molecule has 0 unspecified atom stereocenters. The van der Waals surface area contributed by atoms with Crippen molar-refractivity contribution in [3.8, 4) is 33.8 Å². The van der Waals surface area contributed by atoms with Crippen LogP contribution in [0.4, 0.5) is 0 Å². The van der Waals surface area contributed by atoms with E-state index in [0.29, 0.717) is 0 Å². The summed E-state index contributed by atoms with van der Waals surface area (Å²) in [7, 11) is 0. The standard InChI is InChI=1S/C47H36O/c1-46(2)42-24-12-13-26-44(42)48-45-36(20-14-25-43(45)46)33-29-27-32(28-30-33)31-34-15-6-9-21-39(34)47(35-16-4-3-5-17-35)40-22-10-7-18-37(40)38-19-8-11-23-41(38)47/h3-30H,31H2,1-2H3. The summed E-state index contributed by atoms with van der Waals surface area (Å²) in [6.45, 7) is 4.59. The molecule has 0 atom stereocenters. The predicted molar refractivity (Wildman–Crippen MR) is 197 cm³/mol. The van der Waals surface area contributed by atoms with Crippen LogP contribution in [0, 0.1) is 0 Å². The van der Waals surface area contributed by atoms with E-state index in [1.165, 1.54) is 61.2 Å².